The van der Waals surface area contributed by atoms with Crippen LogP contribution in [0.3, 0.4) is 0 Å². The van der Waals surface area contributed by atoms with Crippen LogP contribution in [0.15, 0.2) is 0 Å². The summed E-state index contributed by atoms with van der Waals surface area (Å²) in [6.07, 6.45) is 9.37. The summed E-state index contributed by atoms with van der Waals surface area (Å²) in [4.78, 5) is 0. The Labute approximate surface area is 93.5 Å². The fourth-order valence-electron chi connectivity index (χ4n) is 3.25. The Bertz CT molecular complexity index is 177. The smallest absolute Gasteiger partial charge is 0.00462 e. The number of nitrogens with one attached hydrogen (secondary N) is 1. The average Bonchev–Trinajstić information content (AvgIpc) is 2.25. The summed E-state index contributed by atoms with van der Waals surface area (Å²) in [5.74, 6) is 1.78. The van der Waals surface area contributed by atoms with Crippen molar-refractivity contribution in [2.75, 3.05) is 13.1 Å². The van der Waals surface area contributed by atoms with Gasteiger partial charge in [-0.05, 0) is 37.8 Å². The Morgan fingerprint density at radius 2 is 1.40 bits per heavy atom. The maximum atomic E-state index is 11.5. The van der Waals surface area contributed by atoms with Crippen molar-refractivity contribution in [2.45, 2.75) is 57.5 Å². The minimum atomic E-state index is -0.255. The van der Waals surface area contributed by atoms with Crippen molar-refractivity contribution in [1.29, 1.82) is 0 Å². The van der Waals surface area contributed by atoms with E-state index in [9.17, 15) is 5.11 Å². The van der Waals surface area contributed by atoms with E-state index in [1.807, 2.05) is 0 Å². The zero-order valence-electron chi connectivity index (χ0n) is 9.71. The molecule has 1 aliphatic heterocycles. The van der Waals surface area contributed by atoms with E-state index in [0.717, 1.165) is 24.7 Å². The van der Waals surface area contributed by atoms with Gasteiger partial charge in [0.15, 0.2) is 0 Å². The Balaban J connectivity index is 1.82. The Kier molecular flexibility index (Phi) is 4.45. The first kappa shape index (κ1) is 11.4. The molecule has 2 unspecified atom stereocenters. The van der Waals surface area contributed by atoms with Crippen LogP contribution in [0.5, 0.6) is 0 Å². The van der Waals surface area contributed by atoms with Crippen molar-refractivity contribution in [3.8, 4) is 0 Å². The van der Waals surface area contributed by atoms with Gasteiger partial charge >= 0.3 is 0 Å². The second-order valence-corrected chi connectivity index (χ2v) is 5.33. The van der Waals surface area contributed by atoms with Crippen LogP contribution in [-0.2, 0) is 0 Å². The fraction of sp³-hybridized carbons (Fsp3) is 1.00. The first-order chi connectivity index (χ1) is 7.36. The van der Waals surface area contributed by atoms with Gasteiger partial charge in [0.2, 0.25) is 0 Å². The van der Waals surface area contributed by atoms with Crippen LogP contribution in [0.4, 0.5) is 0 Å². The van der Waals surface area contributed by atoms with Gasteiger partial charge in [0, 0.05) is 0 Å². The van der Waals surface area contributed by atoms with E-state index in [2.05, 4.69) is 5.32 Å². The van der Waals surface area contributed by atoms with Gasteiger partial charge in [-0.25, -0.2) is 0 Å². The highest BCUT2D eigenvalue weighted by Gasteiger charge is 2.23. The monoisotopic (exact) mass is 210 g/mol. The van der Waals surface area contributed by atoms with Gasteiger partial charge in [0.05, 0.1) is 0 Å². The molecule has 0 aromatic rings. The summed E-state index contributed by atoms with van der Waals surface area (Å²) < 4.78 is 0. The second kappa shape index (κ2) is 5.86. The zero-order chi connectivity index (χ0) is 10.5. The molecule has 2 fully saturated rings. The highest BCUT2D eigenvalue weighted by atomic mass is 16.3. The zero-order valence-corrected chi connectivity index (χ0v) is 9.71. The van der Waals surface area contributed by atoms with E-state index >= 15 is 0 Å². The van der Waals surface area contributed by atoms with Crippen LogP contribution < -0.4 is 10.4 Å². The van der Waals surface area contributed by atoms with Gasteiger partial charge < -0.3 is 10.4 Å². The van der Waals surface area contributed by atoms with Crippen LogP contribution in [0.1, 0.15) is 51.4 Å². The van der Waals surface area contributed by atoms with E-state index in [1.54, 1.807) is 0 Å². The van der Waals surface area contributed by atoms with Crippen molar-refractivity contribution < 1.29 is 5.11 Å². The number of hydrogen-bond acceptors (Lipinski definition) is 2. The highest BCUT2D eigenvalue weighted by Crippen LogP contribution is 2.32. The molecular formula is C13H24NO-. The molecule has 1 N–H and O–H groups in total. The Morgan fingerprint density at radius 3 is 2.20 bits per heavy atom. The number of hydrogen-bond donors (Lipinski definition) is 1. The van der Waals surface area contributed by atoms with Crippen LogP contribution in [0.25, 0.3) is 0 Å². The molecule has 1 saturated carbocycles. The molecule has 0 amide bonds. The molecule has 2 nitrogen and oxygen atoms in total. The number of piperidine rings is 1. The molecule has 2 atom stereocenters. The SMILES string of the molecule is [O-]C1CCCCC(C2CCNCC2)CC1. The molecule has 1 saturated heterocycles. The van der Waals surface area contributed by atoms with Crippen LogP contribution in [-0.4, -0.2) is 19.2 Å². The van der Waals surface area contributed by atoms with Gasteiger partial charge in [0.1, 0.15) is 0 Å². The van der Waals surface area contributed by atoms with Crippen molar-refractivity contribution >= 4 is 0 Å². The summed E-state index contributed by atoms with van der Waals surface area (Å²) in [7, 11) is 0. The van der Waals surface area contributed by atoms with Gasteiger partial charge in [-0.2, -0.15) is 0 Å². The van der Waals surface area contributed by atoms with Gasteiger partial charge in [-0.15, -0.1) is 6.10 Å². The molecule has 0 spiro atoms. The summed E-state index contributed by atoms with van der Waals surface area (Å²) in [6.45, 7) is 2.39. The molecule has 2 heteroatoms. The molecule has 15 heavy (non-hydrogen) atoms. The van der Waals surface area contributed by atoms with Gasteiger partial charge in [-0.1, -0.05) is 38.5 Å². The largest absolute Gasteiger partial charge is 0.852 e. The maximum Gasteiger partial charge on any atom is -0.00462 e. The third kappa shape index (κ3) is 3.46. The minimum absolute atomic E-state index is 0.255. The fourth-order valence-corrected chi connectivity index (χ4v) is 3.25. The van der Waals surface area contributed by atoms with Crippen molar-refractivity contribution in [1.82, 2.24) is 5.32 Å². The second-order valence-electron chi connectivity index (χ2n) is 5.33. The van der Waals surface area contributed by atoms with Crippen molar-refractivity contribution in [3.63, 3.8) is 0 Å². The van der Waals surface area contributed by atoms with Crippen molar-refractivity contribution in [2.24, 2.45) is 11.8 Å². The minimum Gasteiger partial charge on any atom is -0.852 e. The molecule has 1 aliphatic carbocycles. The lowest BCUT2D eigenvalue weighted by Gasteiger charge is -2.35. The third-order valence-corrected chi connectivity index (χ3v) is 4.26. The quantitative estimate of drug-likeness (QED) is 0.714. The highest BCUT2D eigenvalue weighted by molar-refractivity contribution is 4.78. The standard InChI is InChI=1S/C13H24NO/c15-13-4-2-1-3-11(5-6-13)12-7-9-14-10-8-12/h11-14H,1-10H2/q-1. The summed E-state index contributed by atoms with van der Waals surface area (Å²) >= 11 is 0. The van der Waals surface area contributed by atoms with Crippen LogP contribution in [0, 0.1) is 11.8 Å². The molecule has 0 radical (unpaired) electrons. The van der Waals surface area contributed by atoms with Gasteiger partial charge in [0.25, 0.3) is 0 Å². The van der Waals surface area contributed by atoms with Crippen molar-refractivity contribution in [3.05, 3.63) is 0 Å². The van der Waals surface area contributed by atoms with E-state index in [-0.39, 0.29) is 6.10 Å². The Hall–Kier alpha value is -0.0800. The molecule has 2 aliphatic rings. The predicted molar refractivity (Wildman–Crippen MR) is 60.6 cm³/mol. The summed E-state index contributed by atoms with van der Waals surface area (Å²) in [5, 5.41) is 15.0. The molecule has 0 bridgehead atoms. The van der Waals surface area contributed by atoms with Crippen LogP contribution in [0.2, 0.25) is 0 Å². The lowest BCUT2D eigenvalue weighted by atomic mass is 9.77. The van der Waals surface area contributed by atoms with E-state index < -0.39 is 0 Å². The third-order valence-electron chi connectivity index (χ3n) is 4.26. The first-order valence-corrected chi connectivity index (χ1v) is 6.73. The van der Waals surface area contributed by atoms with Crippen LogP contribution >= 0.6 is 0 Å². The van der Waals surface area contributed by atoms with E-state index in [0.29, 0.717) is 0 Å². The first-order valence-electron chi connectivity index (χ1n) is 6.73. The van der Waals surface area contributed by atoms with E-state index in [4.69, 9.17) is 0 Å². The Morgan fingerprint density at radius 1 is 0.733 bits per heavy atom. The predicted octanol–water partition coefficient (Wildman–Crippen LogP) is 1.69. The maximum absolute atomic E-state index is 11.5. The molecule has 0 aromatic heterocycles. The lowest BCUT2D eigenvalue weighted by Crippen LogP contribution is -2.34. The normalized spacial score (nSPS) is 35.8. The average molecular weight is 210 g/mol. The summed E-state index contributed by atoms with van der Waals surface area (Å²) in [6, 6.07) is 0. The lowest BCUT2D eigenvalue weighted by molar-refractivity contribution is -0.423. The molecular weight excluding hydrogens is 186 g/mol. The molecule has 2 rings (SSSR count). The number of rotatable bonds is 1. The van der Waals surface area contributed by atoms with Gasteiger partial charge in [-0.3, -0.25) is 0 Å². The molecule has 1 heterocycles. The molecule has 88 valence electrons. The summed E-state index contributed by atoms with van der Waals surface area (Å²) in [5.41, 5.74) is 0. The molecule has 0 aromatic carbocycles. The topological polar surface area (TPSA) is 35.1 Å². The van der Waals surface area contributed by atoms with E-state index in [1.165, 1.54) is 51.6 Å².